The molecule has 0 saturated carbocycles. The molecule has 128 heavy (non-hydrogen) atoms. The molecule has 0 aromatic carbocycles. The number of aliphatic carboxylic acids is 2. The van der Waals surface area contributed by atoms with E-state index in [-0.39, 0.29) is 52.9 Å². The molecule has 768 valence electrons. The summed E-state index contributed by atoms with van der Waals surface area (Å²) in [6.07, 6.45) is 8.03. The van der Waals surface area contributed by atoms with Crippen molar-refractivity contribution in [2.75, 3.05) is 106 Å². The van der Waals surface area contributed by atoms with E-state index in [1.165, 1.54) is 167 Å². The fraction of sp³-hybridized carbons (Fsp3) is 0.976. The highest BCUT2D eigenvalue weighted by atomic mass is 16.6. The van der Waals surface area contributed by atoms with Gasteiger partial charge in [-0.2, -0.15) is 0 Å². The van der Waals surface area contributed by atoms with Gasteiger partial charge < -0.3 is 212 Å². The molecule has 0 aliphatic carbocycles. The predicted octanol–water partition coefficient (Wildman–Crippen LogP) is -7.65. The lowest BCUT2D eigenvalue weighted by molar-refractivity contribution is -0.138. The molecule has 0 radical (unpaired) electrons. The number of carboxylic acid groups (broad SMARTS) is 2. The molecule has 32 atom stereocenters. The van der Waals surface area contributed by atoms with Crippen LogP contribution in [0.3, 0.4) is 0 Å². The summed E-state index contributed by atoms with van der Waals surface area (Å²) in [5.74, 6) is -1.31. The number of hydrogen-bond acceptors (Lipinski definition) is 42. The first-order chi connectivity index (χ1) is 60.9. The SMILES string of the molecule is CCCCCCCCCCCCCCCCCC(=O)O.CCCCCCCCCCCCCCCCCC(=O)O.OC[C@@H](O)[C@H]1OC[C@H](O)[C@H]1O.OC[C@@H](O)[C@H]1OC[C@H](O)[C@H]1O.OC[C@@H](O)[C@H]1OC[C@H](O)[C@H]1O.OC[C@@H](O)[C@H]1OC[C@H](O)[C@H]1O.OC[C@@H](O)[C@H]1OC[C@H](O)[C@H]1O.OC[C@@H](O)[C@H]1OC[C@H](O)[C@H]1O.OC[C@@H](O)[C@H]1OC[C@H](O)[C@H]1O.OC[C@@H](O)[C@H]1OC[C@H](O)[C@H]1O. The fourth-order valence-corrected chi connectivity index (χ4v) is 13.8. The lowest BCUT2D eigenvalue weighted by atomic mass is 10.0. The van der Waals surface area contributed by atoms with Crippen molar-refractivity contribution in [1.29, 1.82) is 0 Å². The van der Waals surface area contributed by atoms with E-state index in [2.05, 4.69) is 13.8 Å². The summed E-state index contributed by atoms with van der Waals surface area (Å²) in [6.45, 7) is 0.741. The molecule has 0 bridgehead atoms. The summed E-state index contributed by atoms with van der Waals surface area (Å²) in [6, 6.07) is 0. The Kier molecular flexibility index (Phi) is 78.0. The zero-order valence-corrected chi connectivity index (χ0v) is 74.7. The van der Waals surface area contributed by atoms with Crippen LogP contribution in [-0.4, -0.2) is 487 Å². The highest BCUT2D eigenvalue weighted by molar-refractivity contribution is 5.66. The van der Waals surface area contributed by atoms with Crippen LogP contribution in [0.1, 0.15) is 219 Å². The highest BCUT2D eigenvalue weighted by Crippen LogP contribution is 2.25. The van der Waals surface area contributed by atoms with Gasteiger partial charge >= 0.3 is 11.9 Å². The van der Waals surface area contributed by atoms with Crippen LogP contribution >= 0.6 is 0 Å². The van der Waals surface area contributed by atoms with Gasteiger partial charge in [-0.1, -0.05) is 194 Å². The summed E-state index contributed by atoms with van der Waals surface area (Å²) in [4.78, 5) is 20.7. The van der Waals surface area contributed by atoms with Gasteiger partial charge in [-0.15, -0.1) is 0 Å². The van der Waals surface area contributed by atoms with Gasteiger partial charge in [0.05, 0.1) is 106 Å². The average Bonchev–Trinajstić information content (AvgIpc) is 1.78. The third-order valence-corrected chi connectivity index (χ3v) is 22.0. The first-order valence-electron chi connectivity index (χ1n) is 45.4. The summed E-state index contributed by atoms with van der Waals surface area (Å²) in [5, 5.41) is 301. The highest BCUT2D eigenvalue weighted by Gasteiger charge is 2.45. The van der Waals surface area contributed by atoms with Crippen molar-refractivity contribution in [2.45, 2.75) is 415 Å². The zero-order valence-electron chi connectivity index (χ0n) is 74.7. The van der Waals surface area contributed by atoms with Gasteiger partial charge in [0.2, 0.25) is 0 Å². The van der Waals surface area contributed by atoms with Gasteiger partial charge in [-0.25, -0.2) is 0 Å². The van der Waals surface area contributed by atoms with Crippen molar-refractivity contribution in [3.63, 3.8) is 0 Å². The van der Waals surface area contributed by atoms with Gasteiger partial charge in [0, 0.05) is 12.8 Å². The van der Waals surface area contributed by atoms with E-state index < -0.39 is 260 Å². The summed E-state index contributed by atoms with van der Waals surface area (Å²) in [5.41, 5.74) is 0. The second kappa shape index (κ2) is 78.4. The number of aliphatic hydroxyl groups excluding tert-OH is 32. The molecule has 0 unspecified atom stereocenters. The molecule has 8 aliphatic heterocycles. The molecule has 44 heteroatoms. The minimum Gasteiger partial charge on any atom is -0.481 e. The maximum absolute atomic E-state index is 10.3. The molecule has 8 aliphatic rings. The lowest BCUT2D eigenvalue weighted by Gasteiger charge is -2.18. The van der Waals surface area contributed by atoms with E-state index in [4.69, 9.17) is 212 Å². The monoisotopic (exact) mass is 1880 g/mol. The smallest absolute Gasteiger partial charge is 0.303 e. The number of aliphatic hydroxyl groups is 32. The Balaban J connectivity index is 0. The van der Waals surface area contributed by atoms with Crippen molar-refractivity contribution in [1.82, 2.24) is 0 Å². The molecule has 8 fully saturated rings. The molecule has 0 aromatic rings. The van der Waals surface area contributed by atoms with Crippen molar-refractivity contribution in [2.24, 2.45) is 0 Å². The topological polar surface area (TPSA) is 796 Å². The largest absolute Gasteiger partial charge is 0.481 e. The van der Waals surface area contributed by atoms with Crippen LogP contribution in [-0.2, 0) is 47.5 Å². The molecule has 0 spiro atoms. The van der Waals surface area contributed by atoms with Gasteiger partial charge in [-0.3, -0.25) is 9.59 Å². The first-order valence-corrected chi connectivity index (χ1v) is 45.4. The van der Waals surface area contributed by atoms with Crippen molar-refractivity contribution in [3.8, 4) is 0 Å². The number of unbranched alkanes of at least 4 members (excludes halogenated alkanes) is 28. The Morgan fingerprint density at radius 2 is 0.305 bits per heavy atom. The predicted molar refractivity (Wildman–Crippen MR) is 453 cm³/mol. The Hall–Kier alpha value is -2.66. The quantitative estimate of drug-likeness (QED) is 0.0252. The van der Waals surface area contributed by atoms with Crippen LogP contribution in [0.4, 0.5) is 0 Å². The number of carboxylic acids is 2. The zero-order chi connectivity index (χ0) is 97.2. The number of hydrogen-bond donors (Lipinski definition) is 34. The minimum atomic E-state index is -1.12. The van der Waals surface area contributed by atoms with Crippen LogP contribution in [0.25, 0.3) is 0 Å². The van der Waals surface area contributed by atoms with Gasteiger partial charge in [0.1, 0.15) is 195 Å². The minimum absolute atomic E-state index is 0.00287. The third-order valence-electron chi connectivity index (χ3n) is 22.0. The summed E-state index contributed by atoms with van der Waals surface area (Å²) >= 11 is 0. The van der Waals surface area contributed by atoms with E-state index in [0.717, 1.165) is 25.7 Å². The second-order valence-corrected chi connectivity index (χ2v) is 33.0. The van der Waals surface area contributed by atoms with Crippen LogP contribution in [0.2, 0.25) is 0 Å². The Morgan fingerprint density at radius 3 is 0.383 bits per heavy atom. The van der Waals surface area contributed by atoms with Gasteiger partial charge in [0.15, 0.2) is 0 Å². The molecular weight excluding hydrogens is 1710 g/mol. The Morgan fingerprint density at radius 1 is 0.203 bits per heavy atom. The average molecular weight is 1880 g/mol. The fourth-order valence-electron chi connectivity index (χ4n) is 13.8. The standard InChI is InChI=1S/2C18H36O2.8C6H12O5/c2*1-2-3-4-5-6-7-8-9-10-11-12-13-14-15-16-17-18(19)20;8*7-1-3(8)6-5(10)4(9)2-11-6/h2*2-17H2,1H3,(H,19,20);8*3-10H,1-2H2/t;;8*3-,4+,5-,6-/m..11111111/s1. The van der Waals surface area contributed by atoms with Crippen molar-refractivity contribution < 1.29 is 221 Å². The van der Waals surface area contributed by atoms with Crippen molar-refractivity contribution in [3.05, 3.63) is 0 Å². The van der Waals surface area contributed by atoms with E-state index >= 15 is 0 Å². The summed E-state index contributed by atoms with van der Waals surface area (Å²) < 4.78 is 38.6. The normalized spacial score (nSPS) is 31.5. The van der Waals surface area contributed by atoms with E-state index in [1.807, 2.05) is 0 Å². The molecule has 8 rings (SSSR count). The second-order valence-electron chi connectivity index (χ2n) is 33.0. The van der Waals surface area contributed by atoms with Crippen LogP contribution in [0.5, 0.6) is 0 Å². The summed E-state index contributed by atoms with van der Waals surface area (Å²) in [7, 11) is 0. The molecular formula is C84H168O44. The molecule has 0 amide bonds. The third kappa shape index (κ3) is 54.9. The Bertz CT molecular complexity index is 2120. The number of carbonyl (C=O) groups is 2. The van der Waals surface area contributed by atoms with Gasteiger partial charge in [0.25, 0.3) is 0 Å². The van der Waals surface area contributed by atoms with E-state index in [1.54, 1.807) is 0 Å². The molecule has 8 saturated heterocycles. The molecule has 8 heterocycles. The number of ether oxygens (including phenoxy) is 8. The van der Waals surface area contributed by atoms with Gasteiger partial charge in [-0.05, 0) is 12.8 Å². The maximum Gasteiger partial charge on any atom is 0.303 e. The van der Waals surface area contributed by atoms with Crippen LogP contribution in [0.15, 0.2) is 0 Å². The molecule has 0 aromatic heterocycles. The first kappa shape index (κ1) is 127. The Labute approximate surface area is 750 Å². The van der Waals surface area contributed by atoms with Crippen LogP contribution < -0.4 is 0 Å². The molecule has 44 nitrogen and oxygen atoms in total. The number of rotatable bonds is 48. The van der Waals surface area contributed by atoms with E-state index in [9.17, 15) is 9.59 Å². The van der Waals surface area contributed by atoms with Crippen LogP contribution in [0, 0.1) is 0 Å². The van der Waals surface area contributed by atoms with E-state index in [0.29, 0.717) is 12.8 Å². The maximum atomic E-state index is 10.3. The molecule has 34 N–H and O–H groups in total. The van der Waals surface area contributed by atoms with Crippen molar-refractivity contribution >= 4 is 11.9 Å². The lowest BCUT2D eigenvalue weighted by Crippen LogP contribution is -2.40.